The number of rotatable bonds is 3. The summed E-state index contributed by atoms with van der Waals surface area (Å²) in [5.74, 6) is 0.130. The molecule has 1 N–H and O–H groups in total. The average molecular weight is 325 g/mol. The number of aldehydes is 1. The fourth-order valence-corrected chi connectivity index (χ4v) is 3.07. The minimum absolute atomic E-state index is 0.130. The van der Waals surface area contributed by atoms with Gasteiger partial charge in [-0.05, 0) is 22.9 Å². The molecule has 0 atom stereocenters. The fourth-order valence-electron chi connectivity index (χ4n) is 3.07. The van der Waals surface area contributed by atoms with Crippen molar-refractivity contribution in [2.45, 2.75) is 0 Å². The van der Waals surface area contributed by atoms with Crippen molar-refractivity contribution in [3.63, 3.8) is 0 Å². The van der Waals surface area contributed by atoms with E-state index in [1.54, 1.807) is 18.3 Å². The van der Waals surface area contributed by atoms with Gasteiger partial charge in [0.15, 0.2) is 6.29 Å². The van der Waals surface area contributed by atoms with Gasteiger partial charge in [-0.25, -0.2) is 0 Å². The molecule has 0 amide bonds. The highest BCUT2D eigenvalue weighted by Gasteiger charge is 2.09. The van der Waals surface area contributed by atoms with E-state index in [2.05, 4.69) is 4.99 Å². The number of phenols is 1. The quantitative estimate of drug-likeness (QED) is 0.412. The van der Waals surface area contributed by atoms with Gasteiger partial charge in [-0.3, -0.25) is 9.79 Å². The number of benzene rings is 4. The Hall–Kier alpha value is -3.46. The second kappa shape index (κ2) is 6.21. The van der Waals surface area contributed by atoms with Crippen LogP contribution in [0.25, 0.3) is 21.5 Å². The van der Waals surface area contributed by atoms with Crippen molar-refractivity contribution < 1.29 is 9.90 Å². The molecule has 0 aromatic heterocycles. The lowest BCUT2D eigenvalue weighted by Crippen LogP contribution is -1.91. The Bertz CT molecular complexity index is 1120. The van der Waals surface area contributed by atoms with Crippen LogP contribution in [-0.4, -0.2) is 17.6 Å². The van der Waals surface area contributed by atoms with Gasteiger partial charge in [0.1, 0.15) is 5.75 Å². The van der Waals surface area contributed by atoms with E-state index in [1.165, 1.54) is 0 Å². The lowest BCUT2D eigenvalue weighted by Gasteiger charge is -2.07. The summed E-state index contributed by atoms with van der Waals surface area (Å²) in [5, 5.41) is 14.1. The number of nitrogens with zero attached hydrogens (tertiary/aromatic N) is 1. The molecular weight excluding hydrogens is 310 g/mol. The first-order valence-electron chi connectivity index (χ1n) is 7.99. The molecule has 0 spiro atoms. The van der Waals surface area contributed by atoms with Crippen LogP contribution in [0.2, 0.25) is 0 Å². The zero-order valence-electron chi connectivity index (χ0n) is 13.4. The predicted molar refractivity (Wildman–Crippen MR) is 102 cm³/mol. The van der Waals surface area contributed by atoms with Crippen LogP contribution in [0, 0.1) is 0 Å². The molecule has 3 heteroatoms. The molecule has 0 fully saturated rings. The highest BCUT2D eigenvalue weighted by Crippen LogP contribution is 2.31. The lowest BCUT2D eigenvalue weighted by molar-refractivity contribution is 0.112. The summed E-state index contributed by atoms with van der Waals surface area (Å²) in [5.41, 5.74) is 1.87. The van der Waals surface area contributed by atoms with Gasteiger partial charge in [0.25, 0.3) is 0 Å². The van der Waals surface area contributed by atoms with Crippen molar-refractivity contribution in [3.8, 4) is 5.75 Å². The number of aromatic hydroxyl groups is 1. The summed E-state index contributed by atoms with van der Waals surface area (Å²) < 4.78 is 0. The first kappa shape index (κ1) is 15.1. The largest absolute Gasteiger partial charge is 0.507 e. The lowest BCUT2D eigenvalue weighted by atomic mass is 10.0. The first-order chi connectivity index (χ1) is 12.3. The third-order valence-corrected chi connectivity index (χ3v) is 4.31. The first-order valence-corrected chi connectivity index (χ1v) is 7.99. The topological polar surface area (TPSA) is 49.7 Å². The maximum absolute atomic E-state index is 11.4. The molecule has 0 bridgehead atoms. The zero-order chi connectivity index (χ0) is 17.2. The fraction of sp³-hybridized carbons (Fsp3) is 0. The van der Waals surface area contributed by atoms with E-state index in [-0.39, 0.29) is 5.75 Å². The maximum atomic E-state index is 11.4. The molecule has 0 saturated heterocycles. The van der Waals surface area contributed by atoms with Gasteiger partial charge in [0.05, 0.1) is 5.69 Å². The van der Waals surface area contributed by atoms with Crippen molar-refractivity contribution in [1.29, 1.82) is 0 Å². The Morgan fingerprint density at radius 1 is 0.760 bits per heavy atom. The van der Waals surface area contributed by atoms with Gasteiger partial charge in [-0.2, -0.15) is 0 Å². The molecule has 4 aromatic rings. The van der Waals surface area contributed by atoms with Crippen molar-refractivity contribution in [2.24, 2.45) is 4.99 Å². The number of carbonyl (C=O) groups excluding carboxylic acids is 1. The summed E-state index contributed by atoms with van der Waals surface area (Å²) in [7, 11) is 0. The number of carbonyl (C=O) groups is 1. The van der Waals surface area contributed by atoms with Crippen LogP contribution in [0.15, 0.2) is 77.8 Å². The van der Waals surface area contributed by atoms with Gasteiger partial charge in [-0.15, -0.1) is 0 Å². The smallest absolute Gasteiger partial charge is 0.150 e. The van der Waals surface area contributed by atoms with E-state index in [1.807, 2.05) is 60.7 Å². The van der Waals surface area contributed by atoms with Crippen LogP contribution in [0.3, 0.4) is 0 Å². The molecule has 0 aliphatic carbocycles. The monoisotopic (exact) mass is 325 g/mol. The standard InChI is InChI=1S/C22H15NO2/c24-14-17-12-16(22(25)20-10-4-3-8-18(17)20)13-23-21-11-5-7-15-6-1-2-9-19(15)21/h1-14,25H. The summed E-state index contributed by atoms with van der Waals surface area (Å²) in [6.07, 6.45) is 2.41. The third-order valence-electron chi connectivity index (χ3n) is 4.31. The van der Waals surface area contributed by atoms with Crippen LogP contribution < -0.4 is 0 Å². The minimum Gasteiger partial charge on any atom is -0.507 e. The van der Waals surface area contributed by atoms with Gasteiger partial charge in [0, 0.05) is 28.1 Å². The number of aliphatic imine (C=N–C) groups is 1. The maximum Gasteiger partial charge on any atom is 0.150 e. The number of hydrogen-bond donors (Lipinski definition) is 1. The molecule has 0 saturated carbocycles. The van der Waals surface area contributed by atoms with Crippen molar-refractivity contribution in [2.75, 3.05) is 0 Å². The summed E-state index contributed by atoms with van der Waals surface area (Å²) in [6, 6.07) is 22.9. The Kier molecular flexibility index (Phi) is 3.75. The summed E-state index contributed by atoms with van der Waals surface area (Å²) >= 11 is 0. The minimum atomic E-state index is 0.130. The van der Waals surface area contributed by atoms with Gasteiger partial charge < -0.3 is 5.11 Å². The van der Waals surface area contributed by atoms with Gasteiger partial charge in [0.2, 0.25) is 0 Å². The highest BCUT2D eigenvalue weighted by molar-refractivity contribution is 6.06. The van der Waals surface area contributed by atoms with E-state index < -0.39 is 0 Å². The van der Waals surface area contributed by atoms with Crippen LogP contribution >= 0.6 is 0 Å². The molecule has 25 heavy (non-hydrogen) atoms. The van der Waals surface area contributed by atoms with E-state index in [4.69, 9.17) is 0 Å². The van der Waals surface area contributed by atoms with Crippen molar-refractivity contribution in [3.05, 3.63) is 83.9 Å². The summed E-state index contributed by atoms with van der Waals surface area (Å²) in [4.78, 5) is 16.0. The SMILES string of the molecule is O=Cc1cc(C=Nc2cccc3ccccc23)c(O)c2ccccc12. The number of phenolic OH excluding ortho intramolecular Hbond substituents is 1. The van der Waals surface area contributed by atoms with Crippen LogP contribution in [0.1, 0.15) is 15.9 Å². The zero-order valence-corrected chi connectivity index (χ0v) is 13.4. The summed E-state index contributed by atoms with van der Waals surface area (Å²) in [6.45, 7) is 0. The second-order valence-corrected chi connectivity index (χ2v) is 5.82. The Morgan fingerprint density at radius 2 is 1.44 bits per heavy atom. The molecule has 0 aliphatic heterocycles. The van der Waals surface area contributed by atoms with E-state index in [0.29, 0.717) is 16.5 Å². The molecule has 0 radical (unpaired) electrons. The molecule has 0 heterocycles. The van der Waals surface area contributed by atoms with Crippen molar-refractivity contribution >= 4 is 39.7 Å². The van der Waals surface area contributed by atoms with Crippen LogP contribution in [0.4, 0.5) is 5.69 Å². The molecule has 120 valence electrons. The van der Waals surface area contributed by atoms with Gasteiger partial charge >= 0.3 is 0 Å². The molecule has 0 aliphatic rings. The Balaban J connectivity index is 1.86. The van der Waals surface area contributed by atoms with Gasteiger partial charge in [-0.1, -0.05) is 60.7 Å². The third kappa shape index (κ3) is 2.66. The Labute approximate surface area is 144 Å². The van der Waals surface area contributed by atoms with E-state index >= 15 is 0 Å². The molecule has 3 nitrogen and oxygen atoms in total. The predicted octanol–water partition coefficient (Wildman–Crippen LogP) is 5.26. The van der Waals surface area contributed by atoms with Crippen LogP contribution in [0.5, 0.6) is 5.75 Å². The second-order valence-electron chi connectivity index (χ2n) is 5.82. The molecular formula is C22H15NO2. The molecule has 4 rings (SSSR count). The van der Waals surface area contributed by atoms with E-state index in [0.717, 1.165) is 28.1 Å². The van der Waals surface area contributed by atoms with Crippen molar-refractivity contribution in [1.82, 2.24) is 0 Å². The van der Waals surface area contributed by atoms with Crippen LogP contribution in [-0.2, 0) is 0 Å². The molecule has 0 unspecified atom stereocenters. The Morgan fingerprint density at radius 3 is 2.24 bits per heavy atom. The number of hydrogen-bond acceptors (Lipinski definition) is 3. The number of fused-ring (bicyclic) bond motifs is 2. The highest BCUT2D eigenvalue weighted by atomic mass is 16.3. The molecule has 4 aromatic carbocycles. The normalized spacial score (nSPS) is 11.4. The average Bonchev–Trinajstić information content (AvgIpc) is 2.67. The van der Waals surface area contributed by atoms with E-state index in [9.17, 15) is 9.90 Å².